The molecule has 0 fully saturated rings. The maximum Gasteiger partial charge on any atom is 0.412 e. The van der Waals surface area contributed by atoms with Crippen LogP contribution in [0, 0.1) is 0 Å². The van der Waals surface area contributed by atoms with E-state index in [1.807, 2.05) is 18.2 Å². The van der Waals surface area contributed by atoms with Gasteiger partial charge in [-0.25, -0.2) is 4.79 Å². The van der Waals surface area contributed by atoms with Crippen molar-refractivity contribution in [3.05, 3.63) is 48.3 Å². The monoisotopic (exact) mass is 300 g/mol. The Labute approximate surface area is 130 Å². The predicted molar refractivity (Wildman–Crippen MR) is 85.5 cm³/mol. The molecule has 1 amide bonds. The maximum absolute atomic E-state index is 11.8. The third-order valence-electron chi connectivity index (χ3n) is 2.91. The molecule has 116 valence electrons. The van der Waals surface area contributed by atoms with E-state index in [0.29, 0.717) is 5.69 Å². The van der Waals surface area contributed by atoms with Gasteiger partial charge in [-0.1, -0.05) is 6.07 Å². The average molecular weight is 300 g/mol. The van der Waals surface area contributed by atoms with E-state index in [-0.39, 0.29) is 6.61 Å². The second-order valence-electron chi connectivity index (χ2n) is 5.89. The van der Waals surface area contributed by atoms with Gasteiger partial charge in [0.15, 0.2) is 0 Å². The molecule has 1 aromatic carbocycles. The van der Waals surface area contributed by atoms with Gasteiger partial charge in [-0.15, -0.1) is 0 Å². The van der Waals surface area contributed by atoms with Gasteiger partial charge >= 0.3 is 6.09 Å². The smallest absolute Gasteiger partial charge is 0.412 e. The van der Waals surface area contributed by atoms with Crippen molar-refractivity contribution < 1.29 is 14.6 Å². The zero-order valence-electron chi connectivity index (χ0n) is 13.0. The molecular formula is C17H20N2O3. The number of carbonyl (C=O) groups excluding carboxylic acids is 1. The number of nitrogens with zero attached hydrogens (tertiary/aromatic N) is 1. The molecule has 0 bridgehead atoms. The number of carbonyl (C=O) groups is 1. The summed E-state index contributed by atoms with van der Waals surface area (Å²) in [7, 11) is 0. The number of aliphatic hydroxyl groups excluding tert-OH is 1. The third kappa shape index (κ3) is 4.30. The van der Waals surface area contributed by atoms with Crippen molar-refractivity contribution in [3.63, 3.8) is 0 Å². The van der Waals surface area contributed by atoms with E-state index in [0.717, 1.165) is 16.7 Å². The SMILES string of the molecule is CC(C)(C)OC(=O)Nc1ccc(-c2ccncc2)c(CO)c1. The number of ether oxygens (including phenoxy) is 1. The van der Waals surface area contributed by atoms with Gasteiger partial charge in [0.25, 0.3) is 0 Å². The summed E-state index contributed by atoms with van der Waals surface area (Å²) >= 11 is 0. The van der Waals surface area contributed by atoms with Gasteiger partial charge in [-0.3, -0.25) is 10.3 Å². The first-order valence-corrected chi connectivity index (χ1v) is 7.03. The van der Waals surface area contributed by atoms with Crippen LogP contribution in [0.1, 0.15) is 26.3 Å². The lowest BCUT2D eigenvalue weighted by molar-refractivity contribution is 0.0636. The molecule has 0 atom stereocenters. The zero-order chi connectivity index (χ0) is 16.2. The molecule has 1 heterocycles. The fourth-order valence-electron chi connectivity index (χ4n) is 2.04. The lowest BCUT2D eigenvalue weighted by atomic mass is 10.0. The van der Waals surface area contributed by atoms with Crippen molar-refractivity contribution in [3.8, 4) is 11.1 Å². The Morgan fingerprint density at radius 2 is 1.91 bits per heavy atom. The molecule has 2 N–H and O–H groups in total. The molecule has 1 aromatic heterocycles. The van der Waals surface area contributed by atoms with Crippen LogP contribution in [0.3, 0.4) is 0 Å². The summed E-state index contributed by atoms with van der Waals surface area (Å²) in [5, 5.41) is 12.2. The largest absolute Gasteiger partial charge is 0.444 e. The molecule has 0 aliphatic heterocycles. The number of aliphatic hydroxyl groups is 1. The van der Waals surface area contributed by atoms with Gasteiger partial charge in [0.05, 0.1) is 6.61 Å². The minimum atomic E-state index is -0.555. The second-order valence-corrected chi connectivity index (χ2v) is 5.89. The van der Waals surface area contributed by atoms with E-state index < -0.39 is 11.7 Å². The molecule has 0 aliphatic carbocycles. The number of nitrogens with one attached hydrogen (secondary N) is 1. The highest BCUT2D eigenvalue weighted by Gasteiger charge is 2.16. The average Bonchev–Trinajstić information content (AvgIpc) is 2.46. The van der Waals surface area contributed by atoms with Gasteiger partial charge in [0.2, 0.25) is 0 Å². The number of anilines is 1. The van der Waals surface area contributed by atoms with Crippen LogP contribution < -0.4 is 5.32 Å². The Morgan fingerprint density at radius 1 is 1.23 bits per heavy atom. The fourth-order valence-corrected chi connectivity index (χ4v) is 2.04. The maximum atomic E-state index is 11.8. The van der Waals surface area contributed by atoms with Crippen molar-refractivity contribution in [1.29, 1.82) is 0 Å². The Hall–Kier alpha value is -2.40. The molecule has 0 saturated heterocycles. The molecule has 5 nitrogen and oxygen atoms in total. The van der Waals surface area contributed by atoms with Crippen molar-refractivity contribution in [1.82, 2.24) is 4.98 Å². The van der Waals surface area contributed by atoms with Gasteiger partial charge in [0, 0.05) is 18.1 Å². The molecule has 22 heavy (non-hydrogen) atoms. The van der Waals surface area contributed by atoms with Crippen LogP contribution in [0.15, 0.2) is 42.7 Å². The normalized spacial score (nSPS) is 11.1. The van der Waals surface area contributed by atoms with Crippen molar-refractivity contribution in [2.75, 3.05) is 5.32 Å². The molecular weight excluding hydrogens is 280 g/mol. The third-order valence-corrected chi connectivity index (χ3v) is 2.91. The number of hydrogen-bond donors (Lipinski definition) is 2. The Balaban J connectivity index is 2.21. The van der Waals surface area contributed by atoms with Gasteiger partial charge in [-0.2, -0.15) is 0 Å². The van der Waals surface area contributed by atoms with Crippen LogP contribution in [-0.4, -0.2) is 21.8 Å². The summed E-state index contributed by atoms with van der Waals surface area (Å²) in [6.45, 7) is 5.29. The number of amides is 1. The molecule has 5 heteroatoms. The highest BCUT2D eigenvalue weighted by Crippen LogP contribution is 2.26. The lowest BCUT2D eigenvalue weighted by Gasteiger charge is -2.20. The van der Waals surface area contributed by atoms with Gasteiger partial charge in [-0.05, 0) is 61.7 Å². The summed E-state index contributed by atoms with van der Waals surface area (Å²) < 4.78 is 5.21. The number of hydrogen-bond acceptors (Lipinski definition) is 4. The highest BCUT2D eigenvalue weighted by atomic mass is 16.6. The Bertz CT molecular complexity index is 649. The minimum Gasteiger partial charge on any atom is -0.444 e. The van der Waals surface area contributed by atoms with Crippen molar-refractivity contribution in [2.24, 2.45) is 0 Å². The topological polar surface area (TPSA) is 71.5 Å². The van der Waals surface area contributed by atoms with Crippen LogP contribution in [0.25, 0.3) is 11.1 Å². The molecule has 0 radical (unpaired) electrons. The fraction of sp³-hybridized carbons (Fsp3) is 0.294. The first kappa shape index (κ1) is 16.0. The van der Waals surface area contributed by atoms with Crippen molar-refractivity contribution >= 4 is 11.8 Å². The van der Waals surface area contributed by atoms with Gasteiger partial charge in [0.1, 0.15) is 5.60 Å². The van der Waals surface area contributed by atoms with Crippen molar-refractivity contribution in [2.45, 2.75) is 33.0 Å². The van der Waals surface area contributed by atoms with Crippen LogP contribution in [0.2, 0.25) is 0 Å². The molecule has 2 aromatic rings. The molecule has 0 saturated carbocycles. The van der Waals surface area contributed by atoms with E-state index in [1.54, 1.807) is 45.3 Å². The Kier molecular flexibility index (Phi) is 4.78. The summed E-state index contributed by atoms with van der Waals surface area (Å²) in [6.07, 6.45) is 2.88. The molecule has 0 spiro atoms. The summed E-state index contributed by atoms with van der Waals surface area (Å²) in [5.74, 6) is 0. The van der Waals surface area contributed by atoms with Crippen LogP contribution in [0.5, 0.6) is 0 Å². The first-order valence-electron chi connectivity index (χ1n) is 7.03. The molecule has 2 rings (SSSR count). The minimum absolute atomic E-state index is 0.124. The van der Waals surface area contributed by atoms with E-state index in [2.05, 4.69) is 10.3 Å². The molecule has 0 unspecified atom stereocenters. The summed E-state index contributed by atoms with van der Waals surface area (Å²) in [4.78, 5) is 15.8. The second kappa shape index (κ2) is 6.58. The van der Waals surface area contributed by atoms with Crippen LogP contribution in [-0.2, 0) is 11.3 Å². The Morgan fingerprint density at radius 3 is 2.50 bits per heavy atom. The van der Waals surface area contributed by atoms with Gasteiger partial charge < -0.3 is 9.84 Å². The van der Waals surface area contributed by atoms with E-state index in [9.17, 15) is 9.90 Å². The standard InChI is InChI=1S/C17H20N2O3/c1-17(2,3)22-16(21)19-14-4-5-15(13(10-14)11-20)12-6-8-18-9-7-12/h4-10,20H,11H2,1-3H3,(H,19,21). The number of rotatable bonds is 3. The highest BCUT2D eigenvalue weighted by molar-refractivity contribution is 5.86. The predicted octanol–water partition coefficient (Wildman–Crippen LogP) is 3.59. The summed E-state index contributed by atoms with van der Waals surface area (Å²) in [6, 6.07) is 9.11. The lowest BCUT2D eigenvalue weighted by Crippen LogP contribution is -2.27. The molecule has 0 aliphatic rings. The van der Waals surface area contributed by atoms with Crippen LogP contribution >= 0.6 is 0 Å². The van der Waals surface area contributed by atoms with E-state index in [1.165, 1.54) is 0 Å². The first-order chi connectivity index (χ1) is 10.4. The van der Waals surface area contributed by atoms with E-state index in [4.69, 9.17) is 4.74 Å². The number of benzene rings is 1. The zero-order valence-corrected chi connectivity index (χ0v) is 13.0. The number of aromatic nitrogens is 1. The van der Waals surface area contributed by atoms with E-state index >= 15 is 0 Å². The quantitative estimate of drug-likeness (QED) is 0.908. The number of pyridine rings is 1. The summed E-state index contributed by atoms with van der Waals surface area (Å²) in [5.41, 5.74) is 2.61. The van der Waals surface area contributed by atoms with Crippen LogP contribution in [0.4, 0.5) is 10.5 Å².